The van der Waals surface area contributed by atoms with E-state index in [1.807, 2.05) is 54.6 Å². The topological polar surface area (TPSA) is 70.6 Å². The predicted octanol–water partition coefficient (Wildman–Crippen LogP) is 3.54. The van der Waals surface area contributed by atoms with Crippen LogP contribution in [0.25, 0.3) is 0 Å². The van der Waals surface area contributed by atoms with Gasteiger partial charge >= 0.3 is 0 Å². The highest BCUT2D eigenvalue weighted by atomic mass is 32.2. The number of hydrogen-bond donors (Lipinski definition) is 1. The van der Waals surface area contributed by atoms with Crippen molar-refractivity contribution in [2.45, 2.75) is 5.03 Å². The molecule has 0 aliphatic carbocycles. The molecule has 1 saturated heterocycles. The van der Waals surface area contributed by atoms with Crippen molar-refractivity contribution >= 4 is 34.9 Å². The molecule has 1 aliphatic heterocycles. The van der Waals surface area contributed by atoms with Gasteiger partial charge in [-0.1, -0.05) is 42.1 Å². The second-order valence-electron chi connectivity index (χ2n) is 7.06. The molecular formula is C23H25N5O2S. The first-order valence-electron chi connectivity index (χ1n) is 10.2. The summed E-state index contributed by atoms with van der Waals surface area (Å²) < 4.78 is 5.50. The summed E-state index contributed by atoms with van der Waals surface area (Å²) in [6.07, 6.45) is 1.57. The maximum absolute atomic E-state index is 12.2. The molecule has 0 bridgehead atoms. The molecule has 4 rings (SSSR count). The summed E-state index contributed by atoms with van der Waals surface area (Å²) in [5.41, 5.74) is 1.91. The van der Waals surface area contributed by atoms with E-state index in [9.17, 15) is 4.79 Å². The van der Waals surface area contributed by atoms with Crippen LogP contribution in [-0.2, 0) is 4.79 Å². The molecule has 1 amide bonds. The molecular weight excluding hydrogens is 410 g/mol. The Morgan fingerprint density at radius 3 is 2.48 bits per heavy atom. The summed E-state index contributed by atoms with van der Waals surface area (Å²) in [6, 6.07) is 19.5. The minimum absolute atomic E-state index is 0.0539. The van der Waals surface area contributed by atoms with E-state index in [1.165, 1.54) is 11.8 Å². The van der Waals surface area contributed by atoms with Crippen LogP contribution in [0.4, 0.5) is 17.2 Å². The Balaban J connectivity index is 1.32. The third-order valence-corrected chi connectivity index (χ3v) is 5.99. The number of carbonyl (C=O) groups excluding carboxylic acids is 1. The van der Waals surface area contributed by atoms with Crippen LogP contribution in [0.1, 0.15) is 0 Å². The maximum atomic E-state index is 12.2. The molecule has 3 aromatic rings. The van der Waals surface area contributed by atoms with Crippen LogP contribution >= 0.6 is 11.8 Å². The van der Waals surface area contributed by atoms with Gasteiger partial charge in [-0.15, -0.1) is 0 Å². The fraction of sp³-hybridized carbons (Fsp3) is 0.261. The zero-order chi connectivity index (χ0) is 21.5. The third-order valence-electron chi connectivity index (χ3n) is 5.07. The highest BCUT2D eigenvalue weighted by molar-refractivity contribution is 7.99. The van der Waals surface area contributed by atoms with Crippen molar-refractivity contribution in [3.8, 4) is 5.75 Å². The van der Waals surface area contributed by atoms with Crippen LogP contribution in [-0.4, -0.2) is 54.9 Å². The smallest absolute Gasteiger partial charge is 0.234 e. The van der Waals surface area contributed by atoms with Crippen LogP contribution in [0.3, 0.4) is 0 Å². The first kappa shape index (κ1) is 21.0. The minimum atomic E-state index is -0.0539. The molecule has 8 heteroatoms. The normalized spacial score (nSPS) is 13.7. The van der Waals surface area contributed by atoms with Crippen molar-refractivity contribution in [2.24, 2.45) is 0 Å². The number of thioether (sulfide) groups is 1. The van der Waals surface area contributed by atoms with Gasteiger partial charge in [0.1, 0.15) is 22.9 Å². The number of ether oxygens (including phenoxy) is 1. The number of nitrogens with zero attached hydrogens (tertiary/aromatic N) is 4. The van der Waals surface area contributed by atoms with Crippen molar-refractivity contribution in [1.82, 2.24) is 9.97 Å². The van der Waals surface area contributed by atoms with Crippen LogP contribution in [0.5, 0.6) is 5.75 Å². The first-order valence-corrected chi connectivity index (χ1v) is 11.1. The van der Waals surface area contributed by atoms with E-state index in [1.54, 1.807) is 13.4 Å². The van der Waals surface area contributed by atoms with Crippen molar-refractivity contribution in [3.05, 3.63) is 67.0 Å². The maximum Gasteiger partial charge on any atom is 0.234 e. The molecule has 7 nitrogen and oxygen atoms in total. The number of aromatic nitrogens is 2. The van der Waals surface area contributed by atoms with Gasteiger partial charge in [0, 0.05) is 37.9 Å². The fourth-order valence-corrected chi connectivity index (χ4v) is 4.17. The number of rotatable bonds is 7. The van der Waals surface area contributed by atoms with Gasteiger partial charge in [-0.2, -0.15) is 0 Å². The molecule has 1 aliphatic rings. The molecule has 1 N–H and O–H groups in total. The summed E-state index contributed by atoms with van der Waals surface area (Å²) >= 11 is 1.41. The molecule has 31 heavy (non-hydrogen) atoms. The highest BCUT2D eigenvalue weighted by Crippen LogP contribution is 2.29. The Morgan fingerprint density at radius 1 is 1.00 bits per heavy atom. The lowest BCUT2D eigenvalue weighted by Crippen LogP contribution is -2.47. The Hall–Kier alpha value is -3.26. The SMILES string of the molecule is COc1ccccc1N1CCN(c2cc(SCC(=O)Nc3ccccc3)ncn2)CC1. The van der Waals surface area contributed by atoms with E-state index >= 15 is 0 Å². The number of amides is 1. The van der Waals surface area contributed by atoms with Crippen LogP contribution < -0.4 is 19.9 Å². The van der Waals surface area contributed by atoms with E-state index in [2.05, 4.69) is 31.2 Å². The number of methoxy groups -OCH3 is 1. The van der Waals surface area contributed by atoms with Gasteiger partial charge in [0.15, 0.2) is 0 Å². The Labute approximate surface area is 186 Å². The van der Waals surface area contributed by atoms with E-state index in [0.29, 0.717) is 5.75 Å². The molecule has 2 heterocycles. The number of para-hydroxylation sites is 3. The second-order valence-corrected chi connectivity index (χ2v) is 8.06. The van der Waals surface area contributed by atoms with Gasteiger partial charge in [-0.25, -0.2) is 9.97 Å². The number of hydrogen-bond acceptors (Lipinski definition) is 7. The zero-order valence-electron chi connectivity index (χ0n) is 17.4. The Bertz CT molecular complexity index is 1010. The third kappa shape index (κ3) is 5.46. The number of carbonyl (C=O) groups is 1. The molecule has 0 atom stereocenters. The summed E-state index contributed by atoms with van der Waals surface area (Å²) in [5.74, 6) is 2.03. The lowest BCUT2D eigenvalue weighted by atomic mass is 10.2. The summed E-state index contributed by atoms with van der Waals surface area (Å²) in [7, 11) is 1.70. The molecule has 0 unspecified atom stereocenters. The number of anilines is 3. The molecule has 0 spiro atoms. The number of benzene rings is 2. The summed E-state index contributed by atoms with van der Waals surface area (Å²) in [4.78, 5) is 25.5. The van der Waals surface area contributed by atoms with Crippen molar-refractivity contribution in [2.75, 3.05) is 54.2 Å². The standard InChI is InChI=1S/C23H25N5O2S/c1-30-20-10-6-5-9-19(20)27-11-13-28(14-12-27)21-15-23(25-17-24-21)31-16-22(29)26-18-7-3-2-4-8-18/h2-10,15,17H,11-14,16H2,1H3,(H,26,29). The van der Waals surface area contributed by atoms with Crippen molar-refractivity contribution < 1.29 is 9.53 Å². The largest absolute Gasteiger partial charge is 0.495 e. The van der Waals surface area contributed by atoms with E-state index in [0.717, 1.165) is 54.1 Å². The predicted molar refractivity (Wildman–Crippen MR) is 125 cm³/mol. The highest BCUT2D eigenvalue weighted by Gasteiger charge is 2.21. The van der Waals surface area contributed by atoms with Crippen molar-refractivity contribution in [3.63, 3.8) is 0 Å². The molecule has 2 aromatic carbocycles. The van der Waals surface area contributed by atoms with Crippen LogP contribution in [0.15, 0.2) is 72.0 Å². The molecule has 160 valence electrons. The molecule has 0 saturated carbocycles. The fourth-order valence-electron chi connectivity index (χ4n) is 3.51. The van der Waals surface area contributed by atoms with Gasteiger partial charge in [-0.3, -0.25) is 4.79 Å². The van der Waals surface area contributed by atoms with Gasteiger partial charge in [0.05, 0.1) is 18.6 Å². The summed E-state index contributed by atoms with van der Waals surface area (Å²) in [6.45, 7) is 3.47. The quantitative estimate of drug-likeness (QED) is 0.450. The van der Waals surface area contributed by atoms with Crippen LogP contribution in [0.2, 0.25) is 0 Å². The molecule has 1 fully saturated rings. The molecule has 0 radical (unpaired) electrons. The van der Waals surface area contributed by atoms with E-state index in [4.69, 9.17) is 4.74 Å². The average Bonchev–Trinajstić information content (AvgIpc) is 2.84. The van der Waals surface area contributed by atoms with Gasteiger partial charge in [0.2, 0.25) is 5.91 Å². The average molecular weight is 436 g/mol. The first-order chi connectivity index (χ1) is 15.2. The number of piperazine rings is 1. The Kier molecular flexibility index (Phi) is 6.89. The Morgan fingerprint density at radius 2 is 1.71 bits per heavy atom. The second kappa shape index (κ2) is 10.2. The monoisotopic (exact) mass is 435 g/mol. The van der Waals surface area contributed by atoms with Crippen LogP contribution in [0, 0.1) is 0 Å². The summed E-state index contributed by atoms with van der Waals surface area (Å²) in [5, 5.41) is 3.68. The van der Waals surface area contributed by atoms with E-state index < -0.39 is 0 Å². The zero-order valence-corrected chi connectivity index (χ0v) is 18.2. The van der Waals surface area contributed by atoms with Gasteiger partial charge < -0.3 is 19.9 Å². The van der Waals surface area contributed by atoms with Crippen molar-refractivity contribution in [1.29, 1.82) is 0 Å². The van der Waals surface area contributed by atoms with Gasteiger partial charge in [-0.05, 0) is 24.3 Å². The lowest BCUT2D eigenvalue weighted by molar-refractivity contribution is -0.113. The van der Waals surface area contributed by atoms with E-state index in [-0.39, 0.29) is 5.91 Å². The van der Waals surface area contributed by atoms with Gasteiger partial charge in [0.25, 0.3) is 0 Å². The number of nitrogens with one attached hydrogen (secondary N) is 1. The lowest BCUT2D eigenvalue weighted by Gasteiger charge is -2.37. The minimum Gasteiger partial charge on any atom is -0.495 e. The molecule has 1 aromatic heterocycles.